The van der Waals surface area contributed by atoms with Gasteiger partial charge in [0, 0.05) is 19.2 Å². The third kappa shape index (κ3) is 1.79. The van der Waals surface area contributed by atoms with Gasteiger partial charge in [-0.05, 0) is 6.07 Å². The predicted molar refractivity (Wildman–Crippen MR) is 56.1 cm³/mol. The van der Waals surface area contributed by atoms with Gasteiger partial charge in [0.15, 0.2) is 0 Å². The molecular formula is C9H11N5O2. The Morgan fingerprint density at radius 1 is 1.56 bits per heavy atom. The summed E-state index contributed by atoms with van der Waals surface area (Å²) in [5, 5.41) is 0. The van der Waals surface area contributed by atoms with Gasteiger partial charge in [0.05, 0.1) is 5.92 Å². The molecule has 1 atom stereocenters. The molecule has 84 valence electrons. The van der Waals surface area contributed by atoms with Crippen molar-refractivity contribution >= 4 is 23.6 Å². The van der Waals surface area contributed by atoms with Crippen LogP contribution in [0, 0.1) is 5.92 Å². The van der Waals surface area contributed by atoms with E-state index in [1.165, 1.54) is 11.1 Å². The number of carbonyl (C=O) groups excluding carboxylic acids is 2. The van der Waals surface area contributed by atoms with Gasteiger partial charge in [-0.2, -0.15) is 4.98 Å². The average Bonchev–Trinajstić information content (AvgIpc) is 2.60. The lowest BCUT2D eigenvalue weighted by atomic mass is 10.1. The molecule has 0 aromatic carbocycles. The Hall–Kier alpha value is -2.18. The highest BCUT2D eigenvalue weighted by molar-refractivity contribution is 5.99. The second kappa shape index (κ2) is 3.76. The van der Waals surface area contributed by atoms with Crippen LogP contribution in [0.15, 0.2) is 12.3 Å². The molecule has 7 heteroatoms. The zero-order valence-electron chi connectivity index (χ0n) is 8.46. The summed E-state index contributed by atoms with van der Waals surface area (Å²) < 4.78 is 0. The Balaban J connectivity index is 2.23. The van der Waals surface area contributed by atoms with Crippen molar-refractivity contribution in [2.24, 2.45) is 11.7 Å². The zero-order chi connectivity index (χ0) is 11.7. The standard InChI is InChI=1S/C9H11N5O2/c10-8(16)5-3-7(15)14(4-5)6-1-2-12-9(11)13-6/h1-2,5H,3-4H2,(H2,10,16)(H2,11,12,13). The first kappa shape index (κ1) is 10.3. The van der Waals surface area contributed by atoms with Crippen molar-refractivity contribution in [1.82, 2.24) is 9.97 Å². The maximum absolute atomic E-state index is 11.6. The molecule has 4 N–H and O–H groups in total. The summed E-state index contributed by atoms with van der Waals surface area (Å²) in [6, 6.07) is 1.57. The molecule has 0 bridgehead atoms. The lowest BCUT2D eigenvalue weighted by Crippen LogP contribution is -2.29. The minimum Gasteiger partial charge on any atom is -0.369 e. The van der Waals surface area contributed by atoms with Crippen LogP contribution in [0.5, 0.6) is 0 Å². The summed E-state index contributed by atoms with van der Waals surface area (Å²) in [6.45, 7) is 0.255. The number of nitrogen functional groups attached to an aromatic ring is 1. The van der Waals surface area contributed by atoms with E-state index in [0.29, 0.717) is 5.82 Å². The van der Waals surface area contributed by atoms with Gasteiger partial charge in [0.2, 0.25) is 17.8 Å². The van der Waals surface area contributed by atoms with Crippen molar-refractivity contribution < 1.29 is 9.59 Å². The molecular weight excluding hydrogens is 210 g/mol. The van der Waals surface area contributed by atoms with Crippen LogP contribution >= 0.6 is 0 Å². The Labute approximate surface area is 91.5 Å². The maximum atomic E-state index is 11.6. The van der Waals surface area contributed by atoms with Crippen molar-refractivity contribution in [3.05, 3.63) is 12.3 Å². The SMILES string of the molecule is NC(=O)C1CC(=O)N(c2ccnc(N)n2)C1. The third-order valence-corrected chi connectivity index (χ3v) is 2.46. The normalized spacial score (nSPS) is 20.1. The van der Waals surface area contributed by atoms with E-state index in [-0.39, 0.29) is 24.8 Å². The summed E-state index contributed by atoms with van der Waals surface area (Å²) in [7, 11) is 0. The number of amides is 2. The monoisotopic (exact) mass is 221 g/mol. The Morgan fingerprint density at radius 2 is 2.31 bits per heavy atom. The highest BCUT2D eigenvalue weighted by Crippen LogP contribution is 2.23. The van der Waals surface area contributed by atoms with Gasteiger partial charge in [-0.15, -0.1) is 0 Å². The first-order valence-electron chi connectivity index (χ1n) is 4.76. The fourth-order valence-corrected chi connectivity index (χ4v) is 1.63. The number of anilines is 2. The van der Waals surface area contributed by atoms with Gasteiger partial charge in [-0.25, -0.2) is 4.98 Å². The summed E-state index contributed by atoms with van der Waals surface area (Å²) in [5.41, 5.74) is 10.6. The fraction of sp³-hybridized carbons (Fsp3) is 0.333. The molecule has 0 radical (unpaired) electrons. The highest BCUT2D eigenvalue weighted by Gasteiger charge is 2.34. The van der Waals surface area contributed by atoms with Crippen LogP contribution in [-0.4, -0.2) is 28.3 Å². The summed E-state index contributed by atoms with van der Waals surface area (Å²) >= 11 is 0. The second-order valence-corrected chi connectivity index (χ2v) is 3.58. The molecule has 2 rings (SSSR count). The van der Waals surface area contributed by atoms with E-state index in [4.69, 9.17) is 11.5 Å². The number of nitrogens with two attached hydrogens (primary N) is 2. The number of carbonyl (C=O) groups is 2. The predicted octanol–water partition coefficient (Wildman–Crippen LogP) is -1.10. The van der Waals surface area contributed by atoms with Crippen molar-refractivity contribution in [1.29, 1.82) is 0 Å². The molecule has 1 fully saturated rings. The number of primary amides is 1. The van der Waals surface area contributed by atoms with Gasteiger partial charge < -0.3 is 11.5 Å². The van der Waals surface area contributed by atoms with Gasteiger partial charge in [0.1, 0.15) is 5.82 Å². The first-order valence-corrected chi connectivity index (χ1v) is 4.76. The van der Waals surface area contributed by atoms with Crippen molar-refractivity contribution in [3.8, 4) is 0 Å². The molecule has 1 aromatic rings. The molecule has 1 aliphatic rings. The average molecular weight is 221 g/mol. The highest BCUT2D eigenvalue weighted by atomic mass is 16.2. The van der Waals surface area contributed by atoms with E-state index in [9.17, 15) is 9.59 Å². The Kier molecular flexibility index (Phi) is 2.43. The maximum Gasteiger partial charge on any atom is 0.229 e. The van der Waals surface area contributed by atoms with E-state index >= 15 is 0 Å². The van der Waals surface area contributed by atoms with Gasteiger partial charge >= 0.3 is 0 Å². The van der Waals surface area contributed by atoms with Crippen LogP contribution in [0.25, 0.3) is 0 Å². The molecule has 2 amide bonds. The fourth-order valence-electron chi connectivity index (χ4n) is 1.63. The lowest BCUT2D eigenvalue weighted by molar-refractivity contribution is -0.123. The van der Waals surface area contributed by atoms with Crippen LogP contribution < -0.4 is 16.4 Å². The van der Waals surface area contributed by atoms with Gasteiger partial charge in [-0.1, -0.05) is 0 Å². The zero-order valence-corrected chi connectivity index (χ0v) is 8.46. The Morgan fingerprint density at radius 3 is 2.88 bits per heavy atom. The molecule has 2 heterocycles. The number of aromatic nitrogens is 2. The van der Waals surface area contributed by atoms with Crippen LogP contribution in [0.4, 0.5) is 11.8 Å². The Bertz CT molecular complexity index is 447. The van der Waals surface area contributed by atoms with Crippen LogP contribution in [0.3, 0.4) is 0 Å². The largest absolute Gasteiger partial charge is 0.369 e. The number of nitrogens with zero attached hydrogens (tertiary/aromatic N) is 3. The van der Waals surface area contributed by atoms with Crippen molar-refractivity contribution in [2.45, 2.75) is 6.42 Å². The summed E-state index contributed by atoms with van der Waals surface area (Å²) in [6.07, 6.45) is 1.59. The van der Waals surface area contributed by atoms with Gasteiger partial charge in [0.25, 0.3) is 0 Å². The number of hydrogen-bond acceptors (Lipinski definition) is 5. The molecule has 1 aliphatic heterocycles. The smallest absolute Gasteiger partial charge is 0.229 e. The summed E-state index contributed by atoms with van der Waals surface area (Å²) in [5.74, 6) is -0.613. The molecule has 0 spiro atoms. The quantitative estimate of drug-likeness (QED) is 0.657. The van der Waals surface area contributed by atoms with Crippen molar-refractivity contribution in [3.63, 3.8) is 0 Å². The van der Waals surface area contributed by atoms with E-state index < -0.39 is 11.8 Å². The first-order chi connectivity index (χ1) is 7.58. The van der Waals surface area contributed by atoms with E-state index in [1.807, 2.05) is 0 Å². The van der Waals surface area contributed by atoms with E-state index in [0.717, 1.165) is 0 Å². The lowest BCUT2D eigenvalue weighted by Gasteiger charge is -2.14. The summed E-state index contributed by atoms with van der Waals surface area (Å²) in [4.78, 5) is 31.6. The molecule has 1 aromatic heterocycles. The molecule has 0 saturated carbocycles. The minimum atomic E-state index is -0.474. The molecule has 1 unspecified atom stereocenters. The topological polar surface area (TPSA) is 115 Å². The van der Waals surface area contributed by atoms with Crippen molar-refractivity contribution in [2.75, 3.05) is 17.2 Å². The third-order valence-electron chi connectivity index (χ3n) is 2.46. The second-order valence-electron chi connectivity index (χ2n) is 3.58. The van der Waals surface area contributed by atoms with Gasteiger partial charge in [-0.3, -0.25) is 14.5 Å². The van der Waals surface area contributed by atoms with Crippen LogP contribution in [0.2, 0.25) is 0 Å². The minimum absolute atomic E-state index is 0.0906. The van der Waals surface area contributed by atoms with E-state index in [1.54, 1.807) is 6.07 Å². The molecule has 0 aliphatic carbocycles. The molecule has 7 nitrogen and oxygen atoms in total. The molecule has 1 saturated heterocycles. The molecule has 16 heavy (non-hydrogen) atoms. The van der Waals surface area contributed by atoms with Crippen LogP contribution in [-0.2, 0) is 9.59 Å². The number of rotatable bonds is 2. The number of hydrogen-bond donors (Lipinski definition) is 2. The van der Waals surface area contributed by atoms with E-state index in [2.05, 4.69) is 9.97 Å². The van der Waals surface area contributed by atoms with Crippen LogP contribution in [0.1, 0.15) is 6.42 Å².